The van der Waals surface area contributed by atoms with Crippen molar-refractivity contribution in [3.8, 4) is 6.07 Å². The SMILES string of the molecule is CCC[C@H](C(=O)NN[C@H](C)C(=O)O)N1C(=O)[C@H](Cc2ccc(C#N)cc2)O[C@@H](c2ccc(Cl)cc2)[C@H]1c1ccc(Cl)cc1. The Kier molecular flexibility index (Phi) is 10.8. The average Bonchev–Trinajstić information content (AvgIpc) is 3.00. The largest absolute Gasteiger partial charge is 0.480 e. The number of nitrogens with one attached hydrogen (secondary N) is 2. The van der Waals surface area contributed by atoms with Gasteiger partial charge in [0.15, 0.2) is 0 Å². The number of ether oxygens (including phenoxy) is 1. The number of rotatable bonds is 11. The van der Waals surface area contributed by atoms with E-state index in [0.717, 1.165) is 11.1 Å². The van der Waals surface area contributed by atoms with Crippen molar-refractivity contribution in [2.45, 2.75) is 63.4 Å². The topological polar surface area (TPSA) is 132 Å². The summed E-state index contributed by atoms with van der Waals surface area (Å²) in [6.07, 6.45) is -0.585. The quantitative estimate of drug-likeness (QED) is 0.245. The smallest absolute Gasteiger partial charge is 0.322 e. The van der Waals surface area contributed by atoms with Crippen LogP contribution in [0.15, 0.2) is 72.8 Å². The second kappa shape index (κ2) is 14.5. The van der Waals surface area contributed by atoms with Gasteiger partial charge in [0.25, 0.3) is 11.8 Å². The molecule has 0 bridgehead atoms. The first kappa shape index (κ1) is 32.0. The zero-order valence-corrected chi connectivity index (χ0v) is 25.2. The molecule has 3 aromatic rings. The number of carbonyl (C=O) groups is 3. The van der Waals surface area contributed by atoms with Crippen molar-refractivity contribution in [1.82, 2.24) is 15.8 Å². The van der Waals surface area contributed by atoms with Gasteiger partial charge in [-0.05, 0) is 66.4 Å². The Bertz CT molecular complexity index is 1480. The third kappa shape index (κ3) is 7.72. The number of aliphatic carboxylic acids is 1. The number of carboxylic acid groups (broad SMARTS) is 1. The van der Waals surface area contributed by atoms with E-state index in [1.165, 1.54) is 6.92 Å². The molecular weight excluding hydrogens is 591 g/mol. The van der Waals surface area contributed by atoms with Crippen LogP contribution in [0.2, 0.25) is 10.0 Å². The van der Waals surface area contributed by atoms with E-state index in [9.17, 15) is 24.8 Å². The van der Waals surface area contributed by atoms with Crippen LogP contribution >= 0.6 is 23.2 Å². The maximum Gasteiger partial charge on any atom is 0.322 e. The van der Waals surface area contributed by atoms with Crippen molar-refractivity contribution >= 4 is 41.0 Å². The second-order valence-electron chi connectivity index (χ2n) is 10.3. The number of hydrogen-bond acceptors (Lipinski definition) is 6. The van der Waals surface area contributed by atoms with Crippen molar-refractivity contribution in [1.29, 1.82) is 5.26 Å². The first-order valence-corrected chi connectivity index (χ1v) is 14.6. The summed E-state index contributed by atoms with van der Waals surface area (Å²) in [7, 11) is 0. The van der Waals surface area contributed by atoms with Gasteiger partial charge in [0, 0.05) is 16.5 Å². The normalized spacial score (nSPS) is 19.7. The van der Waals surface area contributed by atoms with E-state index in [0.29, 0.717) is 34.0 Å². The number of hydrazine groups is 1. The summed E-state index contributed by atoms with van der Waals surface area (Å²) in [6, 6.07) is 20.4. The van der Waals surface area contributed by atoms with Gasteiger partial charge in [-0.2, -0.15) is 5.26 Å². The lowest BCUT2D eigenvalue weighted by Crippen LogP contribution is -2.61. The van der Waals surface area contributed by atoms with E-state index in [-0.39, 0.29) is 6.42 Å². The summed E-state index contributed by atoms with van der Waals surface area (Å²) in [5, 5.41) is 19.5. The Labute approximate surface area is 260 Å². The number of morpholine rings is 1. The lowest BCUT2D eigenvalue weighted by molar-refractivity contribution is -0.181. The average molecular weight is 624 g/mol. The number of amides is 2. The van der Waals surface area contributed by atoms with Crippen LogP contribution in [-0.4, -0.2) is 46.0 Å². The van der Waals surface area contributed by atoms with Gasteiger partial charge in [-0.15, -0.1) is 0 Å². The van der Waals surface area contributed by atoms with E-state index in [1.54, 1.807) is 65.6 Å². The molecule has 4 rings (SSSR count). The molecule has 9 nitrogen and oxygen atoms in total. The zero-order valence-electron chi connectivity index (χ0n) is 23.7. The molecule has 1 aliphatic rings. The number of carboxylic acids is 1. The molecule has 0 saturated carbocycles. The van der Waals surface area contributed by atoms with Crippen LogP contribution in [0.4, 0.5) is 0 Å². The predicted molar refractivity (Wildman–Crippen MR) is 162 cm³/mol. The van der Waals surface area contributed by atoms with Crippen LogP contribution in [0.1, 0.15) is 61.1 Å². The van der Waals surface area contributed by atoms with E-state index in [2.05, 4.69) is 16.9 Å². The molecule has 0 radical (unpaired) electrons. The van der Waals surface area contributed by atoms with Gasteiger partial charge in [-0.3, -0.25) is 19.8 Å². The predicted octanol–water partition coefficient (Wildman–Crippen LogP) is 5.38. The van der Waals surface area contributed by atoms with Crippen LogP contribution in [0.25, 0.3) is 0 Å². The Balaban J connectivity index is 1.82. The molecular formula is C32H32Cl2N4O5. The number of nitriles is 1. The van der Waals surface area contributed by atoms with Crippen LogP contribution < -0.4 is 10.9 Å². The number of halogens is 2. The molecule has 0 aromatic heterocycles. The third-order valence-electron chi connectivity index (χ3n) is 7.32. The minimum Gasteiger partial charge on any atom is -0.480 e. The first-order chi connectivity index (χ1) is 20.6. The van der Waals surface area contributed by atoms with Crippen LogP contribution in [0.3, 0.4) is 0 Å². The molecule has 11 heteroatoms. The summed E-state index contributed by atoms with van der Waals surface area (Å²) in [6.45, 7) is 3.30. The zero-order chi connectivity index (χ0) is 31.1. The first-order valence-electron chi connectivity index (χ1n) is 13.9. The molecule has 224 valence electrons. The third-order valence-corrected chi connectivity index (χ3v) is 7.83. The van der Waals surface area contributed by atoms with Gasteiger partial charge in [-0.25, -0.2) is 5.43 Å². The lowest BCUT2D eigenvalue weighted by atomic mass is 9.88. The minimum atomic E-state index is -1.14. The van der Waals surface area contributed by atoms with Crippen molar-refractivity contribution in [3.63, 3.8) is 0 Å². The number of nitrogens with zero attached hydrogens (tertiary/aromatic N) is 2. The highest BCUT2D eigenvalue weighted by Crippen LogP contribution is 2.44. The summed E-state index contributed by atoms with van der Waals surface area (Å²) in [5.74, 6) is -2.08. The fourth-order valence-electron chi connectivity index (χ4n) is 5.07. The molecule has 3 aromatic carbocycles. The number of hydrogen-bond donors (Lipinski definition) is 3. The van der Waals surface area contributed by atoms with Gasteiger partial charge < -0.3 is 14.7 Å². The van der Waals surface area contributed by atoms with E-state index >= 15 is 0 Å². The summed E-state index contributed by atoms with van der Waals surface area (Å²) in [4.78, 5) is 41.0. The molecule has 43 heavy (non-hydrogen) atoms. The fraction of sp³-hybridized carbons (Fsp3) is 0.312. The molecule has 2 amide bonds. The van der Waals surface area contributed by atoms with Crippen molar-refractivity contribution in [2.24, 2.45) is 0 Å². The van der Waals surface area contributed by atoms with Crippen LogP contribution in [0.5, 0.6) is 0 Å². The highest BCUT2D eigenvalue weighted by molar-refractivity contribution is 6.30. The highest BCUT2D eigenvalue weighted by Gasteiger charge is 2.48. The van der Waals surface area contributed by atoms with Gasteiger partial charge in [0.1, 0.15) is 24.3 Å². The molecule has 0 aliphatic carbocycles. The van der Waals surface area contributed by atoms with Gasteiger partial charge in [0.05, 0.1) is 17.7 Å². The lowest BCUT2D eigenvalue weighted by Gasteiger charge is -2.47. The van der Waals surface area contributed by atoms with E-state index in [1.807, 2.05) is 19.1 Å². The van der Waals surface area contributed by atoms with E-state index < -0.39 is 48.1 Å². The van der Waals surface area contributed by atoms with Gasteiger partial charge in [0.2, 0.25) is 0 Å². The molecule has 1 aliphatic heterocycles. The Morgan fingerprint density at radius 3 is 2.12 bits per heavy atom. The minimum absolute atomic E-state index is 0.202. The number of carbonyl (C=O) groups excluding carboxylic acids is 2. The Morgan fingerprint density at radius 2 is 1.58 bits per heavy atom. The molecule has 5 atom stereocenters. The van der Waals surface area contributed by atoms with Gasteiger partial charge >= 0.3 is 5.97 Å². The number of benzene rings is 3. The summed E-state index contributed by atoms with van der Waals surface area (Å²) in [5.41, 5.74) is 7.76. The monoisotopic (exact) mass is 622 g/mol. The summed E-state index contributed by atoms with van der Waals surface area (Å²) >= 11 is 12.4. The van der Waals surface area contributed by atoms with E-state index in [4.69, 9.17) is 27.9 Å². The standard InChI is InChI=1S/C32H32Cl2N4O5/c1-3-4-26(30(39)37-36-19(2)32(41)42)38-28(22-9-13-24(33)14-10-22)29(23-11-15-25(34)16-12-23)43-27(31(38)40)17-20-5-7-21(18-35)8-6-20/h5-16,19,26-29,36H,3-4,17H2,1-2H3,(H,37,39)(H,41,42)/t19-,26-,27+,28-,29+/m1/s1. The molecule has 1 saturated heterocycles. The van der Waals surface area contributed by atoms with Crippen molar-refractivity contribution < 1.29 is 24.2 Å². The second-order valence-corrected chi connectivity index (χ2v) is 11.2. The van der Waals surface area contributed by atoms with Crippen LogP contribution in [0, 0.1) is 11.3 Å². The van der Waals surface area contributed by atoms with Crippen molar-refractivity contribution in [2.75, 3.05) is 0 Å². The Hall–Kier alpha value is -3.94. The molecule has 3 N–H and O–H groups in total. The molecule has 0 spiro atoms. The van der Waals surface area contributed by atoms with Crippen molar-refractivity contribution in [3.05, 3.63) is 105 Å². The maximum absolute atomic E-state index is 14.4. The maximum atomic E-state index is 14.4. The molecule has 1 fully saturated rings. The van der Waals surface area contributed by atoms with Gasteiger partial charge in [-0.1, -0.05) is 72.9 Å². The van der Waals surface area contributed by atoms with Crippen LogP contribution in [-0.2, 0) is 25.5 Å². The highest BCUT2D eigenvalue weighted by atomic mass is 35.5. The summed E-state index contributed by atoms with van der Waals surface area (Å²) < 4.78 is 6.59. The molecule has 1 heterocycles. The molecule has 0 unspecified atom stereocenters. The Morgan fingerprint density at radius 1 is 1.00 bits per heavy atom. The fourth-order valence-corrected chi connectivity index (χ4v) is 5.33.